The zero-order valence-electron chi connectivity index (χ0n) is 11.7. The third-order valence-electron chi connectivity index (χ3n) is 3.80. The van der Waals surface area contributed by atoms with Crippen LogP contribution in [0.25, 0.3) is 0 Å². The van der Waals surface area contributed by atoms with Crippen LogP contribution in [0, 0.1) is 16.7 Å². The van der Waals surface area contributed by atoms with Crippen LogP contribution in [0.3, 0.4) is 0 Å². The lowest BCUT2D eigenvalue weighted by Gasteiger charge is -2.37. The van der Waals surface area contributed by atoms with Crippen LogP contribution in [-0.4, -0.2) is 6.29 Å². The normalized spacial score (nSPS) is 26.3. The van der Waals surface area contributed by atoms with E-state index >= 15 is 0 Å². The maximum absolute atomic E-state index is 10.7. The number of aldehydes is 1. The fourth-order valence-corrected chi connectivity index (χ4v) is 1.82. The van der Waals surface area contributed by atoms with E-state index in [1.54, 1.807) is 0 Å². The topological polar surface area (TPSA) is 17.1 Å². The van der Waals surface area contributed by atoms with Crippen molar-refractivity contribution < 1.29 is 4.79 Å². The molecule has 94 valence electrons. The summed E-state index contributed by atoms with van der Waals surface area (Å²) in [5.74, 6) is 0.0956. The van der Waals surface area contributed by atoms with E-state index in [0.29, 0.717) is 0 Å². The summed E-state index contributed by atoms with van der Waals surface area (Å²) in [4.78, 5) is 10.7. The summed E-state index contributed by atoms with van der Waals surface area (Å²) >= 11 is 0. The van der Waals surface area contributed by atoms with Crippen LogP contribution >= 0.6 is 0 Å². The highest BCUT2D eigenvalue weighted by atomic mass is 16.1. The van der Waals surface area contributed by atoms with Gasteiger partial charge >= 0.3 is 0 Å². The van der Waals surface area contributed by atoms with Gasteiger partial charge in [-0.1, -0.05) is 65.0 Å². The molecule has 1 heteroatoms. The molecule has 0 saturated carbocycles. The molecule has 1 rings (SSSR count). The Morgan fingerprint density at radius 3 is 2.53 bits per heavy atom. The smallest absolute Gasteiger partial charge is 0.123 e. The Kier molecular flexibility index (Phi) is 4.13. The predicted molar refractivity (Wildman–Crippen MR) is 73.8 cm³/mol. The first-order chi connectivity index (χ1) is 7.78. The third-order valence-corrected chi connectivity index (χ3v) is 3.80. The van der Waals surface area contributed by atoms with E-state index in [1.807, 2.05) is 6.92 Å². The van der Waals surface area contributed by atoms with Crippen molar-refractivity contribution in [2.75, 3.05) is 0 Å². The van der Waals surface area contributed by atoms with Gasteiger partial charge in [-0.2, -0.15) is 0 Å². The van der Waals surface area contributed by atoms with Crippen molar-refractivity contribution in [2.45, 2.75) is 41.0 Å². The number of carbonyl (C=O) groups excluding carboxylic acids is 1. The Balaban J connectivity index is 2.87. The van der Waals surface area contributed by atoms with Gasteiger partial charge in [0.2, 0.25) is 0 Å². The summed E-state index contributed by atoms with van der Waals surface area (Å²) in [5.41, 5.74) is 1.49. The molecule has 1 aliphatic rings. The second kappa shape index (κ2) is 5.03. The maximum Gasteiger partial charge on any atom is 0.123 e. The van der Waals surface area contributed by atoms with Crippen LogP contribution in [0.5, 0.6) is 0 Å². The van der Waals surface area contributed by atoms with Crippen molar-refractivity contribution in [3.8, 4) is 0 Å². The lowest BCUT2D eigenvalue weighted by Crippen LogP contribution is -2.28. The monoisotopic (exact) mass is 232 g/mol. The van der Waals surface area contributed by atoms with Crippen molar-refractivity contribution in [1.82, 2.24) is 0 Å². The Morgan fingerprint density at radius 1 is 1.35 bits per heavy atom. The van der Waals surface area contributed by atoms with Gasteiger partial charge in [0, 0.05) is 11.3 Å². The zero-order chi connectivity index (χ0) is 13.1. The minimum absolute atomic E-state index is 0.0651. The fourth-order valence-electron chi connectivity index (χ4n) is 1.82. The first kappa shape index (κ1) is 14.0. The molecule has 0 aromatic rings. The molecule has 0 amide bonds. The molecular formula is C16H24O. The van der Waals surface area contributed by atoms with Crippen LogP contribution in [0.2, 0.25) is 0 Å². The fraction of sp³-hybridized carbons (Fsp3) is 0.562. The molecule has 2 atom stereocenters. The summed E-state index contributed by atoms with van der Waals surface area (Å²) in [7, 11) is 0. The van der Waals surface area contributed by atoms with Crippen molar-refractivity contribution in [3.05, 3.63) is 36.0 Å². The number of carbonyl (C=O) groups is 1. The van der Waals surface area contributed by atoms with E-state index in [4.69, 9.17) is 0 Å². The molecule has 2 unspecified atom stereocenters. The minimum atomic E-state index is 0.0651. The minimum Gasteiger partial charge on any atom is -0.303 e. The molecule has 0 N–H and O–H groups in total. The second-order valence-corrected chi connectivity index (χ2v) is 6.28. The Bertz CT molecular complexity index is 365. The highest BCUT2D eigenvalue weighted by Crippen LogP contribution is 2.42. The van der Waals surface area contributed by atoms with Gasteiger partial charge in [0.05, 0.1) is 0 Å². The molecule has 0 aliphatic heterocycles. The number of allylic oxidation sites excluding steroid dienone is 6. The molecular weight excluding hydrogens is 208 g/mol. The number of hydrogen-bond donors (Lipinski definition) is 0. The molecule has 17 heavy (non-hydrogen) atoms. The van der Waals surface area contributed by atoms with Crippen LogP contribution in [0.1, 0.15) is 41.0 Å². The Hall–Kier alpha value is -1.11. The van der Waals surface area contributed by atoms with E-state index in [0.717, 1.165) is 12.7 Å². The highest BCUT2D eigenvalue weighted by Gasteiger charge is 2.32. The highest BCUT2D eigenvalue weighted by molar-refractivity contribution is 5.54. The van der Waals surface area contributed by atoms with E-state index in [2.05, 4.69) is 58.1 Å². The average molecular weight is 232 g/mol. The van der Waals surface area contributed by atoms with E-state index in [-0.39, 0.29) is 16.7 Å². The summed E-state index contributed by atoms with van der Waals surface area (Å²) in [6, 6.07) is 0. The molecule has 1 aliphatic carbocycles. The van der Waals surface area contributed by atoms with Crippen molar-refractivity contribution in [3.63, 3.8) is 0 Å². The molecule has 0 spiro atoms. The lowest BCUT2D eigenvalue weighted by atomic mass is 9.68. The first-order valence-corrected chi connectivity index (χ1v) is 6.31. The SMILES string of the molecule is CC(C=O)CC1=CC=CC(C)(C(C)(C)C)C=C1. The molecule has 0 aromatic heterocycles. The molecule has 0 bridgehead atoms. The van der Waals surface area contributed by atoms with Gasteiger partial charge in [0.1, 0.15) is 6.29 Å². The van der Waals surface area contributed by atoms with Crippen molar-refractivity contribution in [2.24, 2.45) is 16.7 Å². The summed E-state index contributed by atoms with van der Waals surface area (Å²) in [6.45, 7) is 11.0. The first-order valence-electron chi connectivity index (χ1n) is 6.31. The van der Waals surface area contributed by atoms with Gasteiger partial charge in [-0.25, -0.2) is 0 Å². The lowest BCUT2D eigenvalue weighted by molar-refractivity contribution is -0.110. The van der Waals surface area contributed by atoms with Crippen LogP contribution in [-0.2, 0) is 4.79 Å². The third kappa shape index (κ3) is 3.42. The van der Waals surface area contributed by atoms with E-state index in [9.17, 15) is 4.79 Å². The average Bonchev–Trinajstić information content (AvgIpc) is 2.41. The number of rotatable bonds is 3. The second-order valence-electron chi connectivity index (χ2n) is 6.28. The Morgan fingerprint density at radius 2 is 2.00 bits per heavy atom. The van der Waals surface area contributed by atoms with Crippen molar-refractivity contribution in [1.29, 1.82) is 0 Å². The van der Waals surface area contributed by atoms with Gasteiger partial charge in [0.25, 0.3) is 0 Å². The van der Waals surface area contributed by atoms with Gasteiger partial charge in [-0.15, -0.1) is 0 Å². The molecule has 0 fully saturated rings. The predicted octanol–water partition coefficient (Wildman–Crippen LogP) is 4.32. The van der Waals surface area contributed by atoms with Crippen LogP contribution in [0.4, 0.5) is 0 Å². The Labute approximate surface area is 105 Å². The number of hydrogen-bond acceptors (Lipinski definition) is 1. The van der Waals surface area contributed by atoms with Gasteiger partial charge in [-0.3, -0.25) is 0 Å². The van der Waals surface area contributed by atoms with Crippen molar-refractivity contribution >= 4 is 6.29 Å². The molecule has 1 nitrogen and oxygen atoms in total. The van der Waals surface area contributed by atoms with Gasteiger partial charge < -0.3 is 4.79 Å². The summed E-state index contributed by atoms with van der Waals surface area (Å²) < 4.78 is 0. The molecule has 0 heterocycles. The van der Waals surface area contributed by atoms with Crippen LogP contribution < -0.4 is 0 Å². The largest absolute Gasteiger partial charge is 0.303 e. The molecule has 0 aromatic carbocycles. The van der Waals surface area contributed by atoms with Crippen LogP contribution in [0.15, 0.2) is 36.0 Å². The summed E-state index contributed by atoms with van der Waals surface area (Å²) in [5, 5.41) is 0. The maximum atomic E-state index is 10.7. The standard InChI is InChI=1S/C16H24O/c1-13(12-17)11-14-7-6-9-16(5,10-8-14)15(2,3)4/h6-10,12-13H,11H2,1-5H3. The quantitative estimate of drug-likeness (QED) is 0.662. The van der Waals surface area contributed by atoms with Gasteiger partial charge in [-0.05, 0) is 17.4 Å². The summed E-state index contributed by atoms with van der Waals surface area (Å²) in [6.07, 6.45) is 12.8. The molecule has 0 saturated heterocycles. The van der Waals surface area contributed by atoms with E-state index in [1.165, 1.54) is 5.57 Å². The molecule has 0 radical (unpaired) electrons. The van der Waals surface area contributed by atoms with E-state index < -0.39 is 0 Å². The van der Waals surface area contributed by atoms with Gasteiger partial charge in [0.15, 0.2) is 0 Å². The zero-order valence-corrected chi connectivity index (χ0v) is 11.7.